The normalized spacial score (nSPS) is 16.0. The van der Waals surface area contributed by atoms with Crippen LogP contribution in [-0.2, 0) is 0 Å². The van der Waals surface area contributed by atoms with Crippen molar-refractivity contribution in [2.45, 2.75) is 25.8 Å². The zero-order valence-corrected chi connectivity index (χ0v) is 13.6. The number of nitriles is 1. The Morgan fingerprint density at radius 3 is 2.74 bits per heavy atom. The molecule has 0 unspecified atom stereocenters. The topological polar surface area (TPSA) is 49.1 Å². The Morgan fingerprint density at radius 2 is 2.04 bits per heavy atom. The molecule has 1 aliphatic heterocycles. The second-order valence-electron chi connectivity index (χ2n) is 5.90. The van der Waals surface area contributed by atoms with Crippen LogP contribution in [0.4, 0.5) is 0 Å². The highest BCUT2D eigenvalue weighted by Crippen LogP contribution is 2.31. The fourth-order valence-electron chi connectivity index (χ4n) is 3.25. The average molecular weight is 307 g/mol. The van der Waals surface area contributed by atoms with Crippen LogP contribution in [0.5, 0.6) is 5.88 Å². The van der Waals surface area contributed by atoms with Crippen molar-refractivity contribution < 1.29 is 4.74 Å². The zero-order chi connectivity index (χ0) is 16.2. The number of rotatable bonds is 4. The van der Waals surface area contributed by atoms with Crippen molar-refractivity contribution in [1.82, 2.24) is 9.88 Å². The van der Waals surface area contributed by atoms with Gasteiger partial charge < -0.3 is 4.74 Å². The largest absolute Gasteiger partial charge is 0.480 e. The van der Waals surface area contributed by atoms with Gasteiger partial charge in [0.15, 0.2) is 0 Å². The van der Waals surface area contributed by atoms with Gasteiger partial charge in [0.25, 0.3) is 0 Å². The maximum Gasteiger partial charge on any atom is 0.232 e. The molecule has 0 aliphatic carbocycles. The first-order valence-electron chi connectivity index (χ1n) is 8.02. The van der Waals surface area contributed by atoms with Crippen LogP contribution in [0.3, 0.4) is 0 Å². The average Bonchev–Trinajstić information content (AvgIpc) is 3.15. The lowest BCUT2D eigenvalue weighted by Crippen LogP contribution is -2.23. The lowest BCUT2D eigenvalue weighted by atomic mass is 9.97. The van der Waals surface area contributed by atoms with Crippen LogP contribution in [0, 0.1) is 11.3 Å². The van der Waals surface area contributed by atoms with Crippen molar-refractivity contribution >= 4 is 0 Å². The van der Waals surface area contributed by atoms with Gasteiger partial charge in [-0.2, -0.15) is 5.26 Å². The van der Waals surface area contributed by atoms with E-state index in [1.807, 2.05) is 12.1 Å². The van der Waals surface area contributed by atoms with Gasteiger partial charge in [-0.15, -0.1) is 0 Å². The van der Waals surface area contributed by atoms with Gasteiger partial charge in [0.05, 0.1) is 7.11 Å². The second-order valence-corrected chi connectivity index (χ2v) is 5.90. The molecule has 1 saturated heterocycles. The quantitative estimate of drug-likeness (QED) is 0.862. The molecule has 4 heteroatoms. The molecule has 0 saturated carbocycles. The van der Waals surface area contributed by atoms with Crippen LogP contribution < -0.4 is 4.74 Å². The molecule has 2 heterocycles. The van der Waals surface area contributed by atoms with Crippen LogP contribution in [0.15, 0.2) is 36.5 Å². The van der Waals surface area contributed by atoms with E-state index in [9.17, 15) is 5.26 Å². The van der Waals surface area contributed by atoms with Gasteiger partial charge >= 0.3 is 0 Å². The summed E-state index contributed by atoms with van der Waals surface area (Å²) in [5.41, 5.74) is 3.67. The molecule has 23 heavy (non-hydrogen) atoms. The first-order valence-corrected chi connectivity index (χ1v) is 8.02. The van der Waals surface area contributed by atoms with Crippen molar-refractivity contribution in [2.75, 3.05) is 20.2 Å². The third-order valence-electron chi connectivity index (χ3n) is 4.59. The minimum Gasteiger partial charge on any atom is -0.480 e. The van der Waals surface area contributed by atoms with E-state index in [1.165, 1.54) is 18.4 Å². The number of pyridine rings is 1. The summed E-state index contributed by atoms with van der Waals surface area (Å²) in [5.74, 6) is 0.378. The standard InChI is InChI=1S/C19H21N3O/c1-14(22-10-3-4-11-22)15-6-5-7-16(12-15)17-8-9-21-19(23-2)18(17)13-20/h5-9,12,14H,3-4,10-11H2,1-2H3/t14-/m0/s1. The summed E-state index contributed by atoms with van der Waals surface area (Å²) in [6.45, 7) is 4.58. The van der Waals surface area contributed by atoms with Gasteiger partial charge in [0, 0.05) is 17.8 Å². The molecule has 1 aromatic carbocycles. The van der Waals surface area contributed by atoms with Crippen molar-refractivity contribution in [3.8, 4) is 23.1 Å². The molecule has 1 atom stereocenters. The molecule has 1 aliphatic rings. The number of methoxy groups -OCH3 is 1. The third-order valence-corrected chi connectivity index (χ3v) is 4.59. The Labute approximate surface area is 137 Å². The van der Waals surface area contributed by atoms with Crippen LogP contribution in [0.25, 0.3) is 11.1 Å². The van der Waals surface area contributed by atoms with Crippen LogP contribution in [0.1, 0.15) is 36.9 Å². The van der Waals surface area contributed by atoms with Crippen molar-refractivity contribution in [3.63, 3.8) is 0 Å². The SMILES string of the molecule is COc1nccc(-c2cccc([C@H](C)N3CCCC3)c2)c1C#N. The molecule has 0 radical (unpaired) electrons. The lowest BCUT2D eigenvalue weighted by Gasteiger charge is -2.24. The van der Waals surface area contributed by atoms with Gasteiger partial charge in [-0.25, -0.2) is 4.98 Å². The van der Waals surface area contributed by atoms with Crippen molar-refractivity contribution in [3.05, 3.63) is 47.7 Å². The van der Waals surface area contributed by atoms with Crippen molar-refractivity contribution in [2.24, 2.45) is 0 Å². The molecule has 0 N–H and O–H groups in total. The van der Waals surface area contributed by atoms with E-state index < -0.39 is 0 Å². The molecule has 3 rings (SSSR count). The van der Waals surface area contributed by atoms with Gasteiger partial charge in [-0.1, -0.05) is 18.2 Å². The smallest absolute Gasteiger partial charge is 0.232 e. The van der Waals surface area contributed by atoms with E-state index in [0.717, 1.165) is 24.2 Å². The zero-order valence-electron chi connectivity index (χ0n) is 13.6. The second kappa shape index (κ2) is 6.80. The van der Waals surface area contributed by atoms with Crippen LogP contribution in [-0.4, -0.2) is 30.1 Å². The Bertz CT molecular complexity index is 730. The van der Waals surface area contributed by atoms with E-state index in [4.69, 9.17) is 4.74 Å². The van der Waals surface area contributed by atoms with E-state index in [1.54, 1.807) is 13.3 Å². The van der Waals surface area contributed by atoms with Gasteiger partial charge in [-0.3, -0.25) is 4.90 Å². The minimum absolute atomic E-state index is 0.378. The lowest BCUT2D eigenvalue weighted by molar-refractivity contribution is 0.263. The van der Waals surface area contributed by atoms with Crippen molar-refractivity contribution in [1.29, 1.82) is 5.26 Å². The molecule has 4 nitrogen and oxygen atoms in total. The van der Waals surface area contributed by atoms with Crippen LogP contribution >= 0.6 is 0 Å². The fraction of sp³-hybridized carbons (Fsp3) is 0.368. The third kappa shape index (κ3) is 3.06. The molecular formula is C19H21N3O. The van der Waals surface area contributed by atoms with E-state index in [0.29, 0.717) is 17.5 Å². The van der Waals surface area contributed by atoms with Gasteiger partial charge in [-0.05, 0) is 56.1 Å². The molecule has 1 fully saturated rings. The molecule has 1 aromatic heterocycles. The number of likely N-dealkylation sites (tertiary alicyclic amines) is 1. The molecule has 0 amide bonds. The summed E-state index contributed by atoms with van der Waals surface area (Å²) in [4.78, 5) is 6.63. The molecule has 0 spiro atoms. The van der Waals surface area contributed by atoms with E-state index in [2.05, 4.69) is 41.1 Å². The summed E-state index contributed by atoms with van der Waals surface area (Å²) in [6, 6.07) is 12.9. The van der Waals surface area contributed by atoms with Gasteiger partial charge in [0.1, 0.15) is 11.6 Å². The Hall–Kier alpha value is -2.38. The van der Waals surface area contributed by atoms with Crippen LogP contribution in [0.2, 0.25) is 0 Å². The summed E-state index contributed by atoms with van der Waals surface area (Å²) in [6.07, 6.45) is 4.25. The maximum atomic E-state index is 9.46. The highest BCUT2D eigenvalue weighted by Gasteiger charge is 2.20. The first-order chi connectivity index (χ1) is 11.2. The van der Waals surface area contributed by atoms with E-state index >= 15 is 0 Å². The minimum atomic E-state index is 0.378. The summed E-state index contributed by atoms with van der Waals surface area (Å²) in [7, 11) is 1.54. The first kappa shape index (κ1) is 15.5. The predicted molar refractivity (Wildman–Crippen MR) is 90.2 cm³/mol. The Morgan fingerprint density at radius 1 is 1.26 bits per heavy atom. The predicted octanol–water partition coefficient (Wildman–Crippen LogP) is 3.79. The molecule has 2 aromatic rings. The summed E-state index contributed by atoms with van der Waals surface area (Å²) < 4.78 is 5.22. The van der Waals surface area contributed by atoms with E-state index in [-0.39, 0.29) is 0 Å². The Kier molecular flexibility index (Phi) is 4.59. The number of ether oxygens (including phenoxy) is 1. The number of benzene rings is 1. The molecular weight excluding hydrogens is 286 g/mol. The number of hydrogen-bond donors (Lipinski definition) is 0. The highest BCUT2D eigenvalue weighted by atomic mass is 16.5. The maximum absolute atomic E-state index is 9.46. The highest BCUT2D eigenvalue weighted by molar-refractivity contribution is 5.72. The van der Waals surface area contributed by atoms with Gasteiger partial charge in [0.2, 0.25) is 5.88 Å². The number of hydrogen-bond acceptors (Lipinski definition) is 4. The number of aromatic nitrogens is 1. The summed E-state index contributed by atoms with van der Waals surface area (Å²) in [5, 5.41) is 9.46. The molecule has 0 bridgehead atoms. The molecule has 118 valence electrons. The number of nitrogens with zero attached hydrogens (tertiary/aromatic N) is 3. The fourth-order valence-corrected chi connectivity index (χ4v) is 3.25. The Balaban J connectivity index is 1.99. The monoisotopic (exact) mass is 307 g/mol. The summed E-state index contributed by atoms with van der Waals surface area (Å²) >= 11 is 0.